The topological polar surface area (TPSA) is 26.3 Å². The summed E-state index contributed by atoms with van der Waals surface area (Å²) in [6.07, 6.45) is 0. The Bertz CT molecular complexity index is 1150. The van der Waals surface area contributed by atoms with Crippen LogP contribution in [0.15, 0.2) is 63.4 Å². The third kappa shape index (κ3) is 1.43. The maximum atomic E-state index is 5.98. The molecule has 3 aromatic carbocycles. The Morgan fingerprint density at radius 1 is 0.571 bits per heavy atom. The highest BCUT2D eigenvalue weighted by molar-refractivity contribution is 6.33. The van der Waals surface area contributed by atoms with Crippen LogP contribution >= 0.6 is 0 Å². The standard InChI is InChI=1S/C18H11BO2/c19-10-5-6-12-14-8-13-11-3-1-2-4-15(11)20-17(13)9-18(14)21-16(12)7-10/h1-9H,19H2. The third-order valence-electron chi connectivity index (χ3n) is 4.13. The molecule has 0 radical (unpaired) electrons. The van der Waals surface area contributed by atoms with Crippen molar-refractivity contribution in [3.8, 4) is 0 Å². The fraction of sp³-hybridized carbons (Fsp3) is 0. The van der Waals surface area contributed by atoms with Crippen LogP contribution in [0.3, 0.4) is 0 Å². The molecule has 0 atom stereocenters. The number of furan rings is 2. The lowest BCUT2D eigenvalue weighted by Crippen LogP contribution is -1.98. The molecule has 0 saturated carbocycles. The molecule has 21 heavy (non-hydrogen) atoms. The van der Waals surface area contributed by atoms with Crippen LogP contribution in [-0.4, -0.2) is 7.85 Å². The average molecular weight is 270 g/mol. The fourth-order valence-corrected chi connectivity index (χ4v) is 3.10. The van der Waals surface area contributed by atoms with Crippen LogP contribution in [0.5, 0.6) is 0 Å². The lowest BCUT2D eigenvalue weighted by molar-refractivity contribution is 0.656. The Morgan fingerprint density at radius 2 is 1.24 bits per heavy atom. The number of hydrogen-bond donors (Lipinski definition) is 0. The molecule has 0 aliphatic carbocycles. The van der Waals surface area contributed by atoms with Crippen LogP contribution in [0.25, 0.3) is 43.9 Å². The van der Waals surface area contributed by atoms with E-state index in [0.29, 0.717) is 0 Å². The zero-order valence-electron chi connectivity index (χ0n) is 11.5. The SMILES string of the molecule is Bc1ccc2c(c1)oc1cc3oc4ccccc4c3cc12. The average Bonchev–Trinajstić information content (AvgIpc) is 3.01. The normalized spacial score (nSPS) is 12.0. The zero-order valence-corrected chi connectivity index (χ0v) is 11.5. The van der Waals surface area contributed by atoms with E-state index in [1.165, 1.54) is 5.46 Å². The van der Waals surface area contributed by atoms with E-state index in [1.54, 1.807) is 0 Å². The van der Waals surface area contributed by atoms with E-state index in [-0.39, 0.29) is 0 Å². The lowest BCUT2D eigenvalue weighted by Gasteiger charge is -1.92. The molecule has 0 aliphatic rings. The van der Waals surface area contributed by atoms with Gasteiger partial charge in [0.25, 0.3) is 0 Å². The van der Waals surface area contributed by atoms with Gasteiger partial charge in [0.15, 0.2) is 0 Å². The minimum atomic E-state index is 0.875. The minimum absolute atomic E-state index is 0.875. The smallest absolute Gasteiger partial charge is 0.139 e. The second-order valence-corrected chi connectivity index (χ2v) is 5.54. The van der Waals surface area contributed by atoms with Gasteiger partial charge in [-0.05, 0) is 18.2 Å². The van der Waals surface area contributed by atoms with E-state index in [4.69, 9.17) is 8.83 Å². The van der Waals surface area contributed by atoms with Gasteiger partial charge in [-0.25, -0.2) is 0 Å². The fourth-order valence-electron chi connectivity index (χ4n) is 3.10. The van der Waals surface area contributed by atoms with Gasteiger partial charge in [0.05, 0.1) is 0 Å². The number of rotatable bonds is 0. The van der Waals surface area contributed by atoms with Gasteiger partial charge < -0.3 is 8.83 Å². The maximum Gasteiger partial charge on any atom is 0.139 e. The van der Waals surface area contributed by atoms with E-state index in [0.717, 1.165) is 43.9 Å². The molecule has 0 amide bonds. The van der Waals surface area contributed by atoms with Gasteiger partial charge in [-0.3, -0.25) is 0 Å². The molecule has 5 rings (SSSR count). The van der Waals surface area contributed by atoms with Crippen LogP contribution in [0.2, 0.25) is 0 Å². The van der Waals surface area contributed by atoms with Crippen LogP contribution < -0.4 is 5.46 Å². The summed E-state index contributed by atoms with van der Waals surface area (Å²) in [5, 5.41) is 4.59. The molecule has 0 bridgehead atoms. The van der Waals surface area contributed by atoms with Crippen molar-refractivity contribution < 1.29 is 8.83 Å². The van der Waals surface area contributed by atoms with Crippen molar-refractivity contribution >= 4 is 57.2 Å². The molecular weight excluding hydrogens is 259 g/mol. The van der Waals surface area contributed by atoms with Crippen molar-refractivity contribution in [1.82, 2.24) is 0 Å². The molecule has 2 heterocycles. The summed E-state index contributed by atoms with van der Waals surface area (Å²) in [7, 11) is 2.08. The highest BCUT2D eigenvalue weighted by Gasteiger charge is 2.12. The van der Waals surface area contributed by atoms with Crippen molar-refractivity contribution in [1.29, 1.82) is 0 Å². The first-order valence-electron chi connectivity index (χ1n) is 7.04. The Hall–Kier alpha value is -2.68. The Kier molecular flexibility index (Phi) is 1.94. The molecule has 0 aliphatic heterocycles. The molecule has 3 heteroatoms. The van der Waals surface area contributed by atoms with Gasteiger partial charge in [0.1, 0.15) is 30.2 Å². The number of benzene rings is 3. The quantitative estimate of drug-likeness (QED) is 0.401. The Morgan fingerprint density at radius 3 is 2.10 bits per heavy atom. The Labute approximate surface area is 121 Å². The highest BCUT2D eigenvalue weighted by Crippen LogP contribution is 2.36. The summed E-state index contributed by atoms with van der Waals surface area (Å²) in [4.78, 5) is 0. The molecule has 0 saturated heterocycles. The van der Waals surface area contributed by atoms with Crippen molar-refractivity contribution in [2.75, 3.05) is 0 Å². The summed E-state index contributed by atoms with van der Waals surface area (Å²) in [5.74, 6) is 0. The van der Waals surface area contributed by atoms with E-state index in [2.05, 4.69) is 38.2 Å². The van der Waals surface area contributed by atoms with Crippen molar-refractivity contribution in [2.45, 2.75) is 0 Å². The van der Waals surface area contributed by atoms with Gasteiger partial charge in [0, 0.05) is 27.6 Å². The van der Waals surface area contributed by atoms with Gasteiger partial charge in [-0.2, -0.15) is 0 Å². The van der Waals surface area contributed by atoms with E-state index in [1.807, 2.05) is 24.3 Å². The Balaban J connectivity index is 2.01. The minimum Gasteiger partial charge on any atom is -0.456 e. The molecule has 0 unspecified atom stereocenters. The summed E-state index contributed by atoms with van der Waals surface area (Å²) >= 11 is 0. The molecule has 98 valence electrons. The largest absolute Gasteiger partial charge is 0.456 e. The lowest BCUT2D eigenvalue weighted by atomic mass is 9.95. The number of fused-ring (bicyclic) bond motifs is 6. The first-order chi connectivity index (χ1) is 10.3. The second kappa shape index (κ2) is 3.70. The maximum absolute atomic E-state index is 5.98. The van der Waals surface area contributed by atoms with E-state index < -0.39 is 0 Å². The van der Waals surface area contributed by atoms with Gasteiger partial charge in [-0.1, -0.05) is 35.8 Å². The molecule has 2 aromatic heterocycles. The van der Waals surface area contributed by atoms with Crippen molar-refractivity contribution in [3.05, 3.63) is 54.6 Å². The first kappa shape index (κ1) is 11.0. The third-order valence-corrected chi connectivity index (χ3v) is 4.13. The van der Waals surface area contributed by atoms with Crippen LogP contribution in [0.4, 0.5) is 0 Å². The van der Waals surface area contributed by atoms with Crippen LogP contribution in [0.1, 0.15) is 0 Å². The predicted octanol–water partition coefficient (Wildman–Crippen LogP) is 3.74. The van der Waals surface area contributed by atoms with Gasteiger partial charge in [-0.15, -0.1) is 0 Å². The summed E-state index contributed by atoms with van der Waals surface area (Å²) in [6.45, 7) is 0. The molecular formula is C18H11BO2. The van der Waals surface area contributed by atoms with Crippen molar-refractivity contribution in [2.24, 2.45) is 0 Å². The van der Waals surface area contributed by atoms with Crippen LogP contribution in [-0.2, 0) is 0 Å². The summed E-state index contributed by atoms with van der Waals surface area (Å²) in [6, 6.07) is 18.6. The first-order valence-corrected chi connectivity index (χ1v) is 7.04. The molecule has 0 fully saturated rings. The summed E-state index contributed by atoms with van der Waals surface area (Å²) in [5.41, 5.74) is 4.81. The predicted molar refractivity (Wildman–Crippen MR) is 89.2 cm³/mol. The van der Waals surface area contributed by atoms with E-state index >= 15 is 0 Å². The van der Waals surface area contributed by atoms with Gasteiger partial charge in [0.2, 0.25) is 0 Å². The molecule has 0 N–H and O–H groups in total. The second-order valence-electron chi connectivity index (χ2n) is 5.54. The zero-order chi connectivity index (χ0) is 14.0. The molecule has 2 nitrogen and oxygen atoms in total. The monoisotopic (exact) mass is 270 g/mol. The molecule has 5 aromatic rings. The summed E-state index contributed by atoms with van der Waals surface area (Å²) < 4.78 is 11.9. The number of para-hydroxylation sites is 1. The number of hydrogen-bond acceptors (Lipinski definition) is 2. The van der Waals surface area contributed by atoms with E-state index in [9.17, 15) is 0 Å². The highest BCUT2D eigenvalue weighted by atomic mass is 16.3. The van der Waals surface area contributed by atoms with Gasteiger partial charge >= 0.3 is 0 Å². The molecule has 0 spiro atoms. The van der Waals surface area contributed by atoms with Crippen LogP contribution in [0, 0.1) is 0 Å². The van der Waals surface area contributed by atoms with Crippen molar-refractivity contribution in [3.63, 3.8) is 0 Å².